The van der Waals surface area contributed by atoms with Gasteiger partial charge in [0, 0.05) is 30.1 Å². The normalized spacial score (nSPS) is 18.6. The van der Waals surface area contributed by atoms with E-state index in [1.54, 1.807) is 17.8 Å². The van der Waals surface area contributed by atoms with Gasteiger partial charge in [-0.2, -0.15) is 9.50 Å². The van der Waals surface area contributed by atoms with Gasteiger partial charge in [0.1, 0.15) is 6.61 Å². The number of aryl methyl sites for hydroxylation is 1. The summed E-state index contributed by atoms with van der Waals surface area (Å²) < 4.78 is 6.97. The number of benzene rings is 1. The Morgan fingerprint density at radius 1 is 1.35 bits per heavy atom. The molecule has 1 N–H and O–H groups in total. The average Bonchev–Trinajstić information content (AvgIpc) is 2.97. The molecule has 1 aromatic carbocycles. The number of ether oxygens (including phenoxy) is 1. The molecule has 6 nitrogen and oxygen atoms in total. The maximum absolute atomic E-state index is 5.16. The van der Waals surface area contributed by atoms with Crippen molar-refractivity contribution in [2.24, 2.45) is 0 Å². The van der Waals surface area contributed by atoms with Gasteiger partial charge in [-0.05, 0) is 56.4 Å². The average molecular weight is 351 g/mol. The van der Waals surface area contributed by atoms with Gasteiger partial charge in [0.05, 0.1) is 5.69 Å². The lowest BCUT2D eigenvalue weighted by atomic mass is 9.80. The first kappa shape index (κ1) is 17.0. The third kappa shape index (κ3) is 2.84. The van der Waals surface area contributed by atoms with Crippen molar-refractivity contribution >= 4 is 11.5 Å². The van der Waals surface area contributed by atoms with Crippen LogP contribution in [0.3, 0.4) is 0 Å². The zero-order chi connectivity index (χ0) is 18.5. The SMILES string of the molecule is COCc1nc2nccc(-c3cc4c(cc3C)[C@H](C)CC(C)(C)N4)n2n1. The molecule has 1 atom stereocenters. The molecule has 0 saturated heterocycles. The highest BCUT2D eigenvalue weighted by Gasteiger charge is 2.30. The van der Waals surface area contributed by atoms with Gasteiger partial charge in [0.15, 0.2) is 5.82 Å². The minimum absolute atomic E-state index is 0.0887. The fourth-order valence-electron chi connectivity index (χ4n) is 4.04. The second-order valence-electron chi connectivity index (χ2n) is 7.87. The van der Waals surface area contributed by atoms with Gasteiger partial charge in [0.25, 0.3) is 5.78 Å². The lowest BCUT2D eigenvalue weighted by Gasteiger charge is -2.38. The molecule has 4 rings (SSSR count). The monoisotopic (exact) mass is 351 g/mol. The predicted molar refractivity (Wildman–Crippen MR) is 102 cm³/mol. The molecule has 0 saturated carbocycles. The third-order valence-electron chi connectivity index (χ3n) is 5.05. The lowest BCUT2D eigenvalue weighted by molar-refractivity contribution is 0.178. The number of rotatable bonds is 3. The van der Waals surface area contributed by atoms with Gasteiger partial charge in [-0.15, -0.1) is 5.10 Å². The van der Waals surface area contributed by atoms with Crippen LogP contribution in [0.2, 0.25) is 0 Å². The van der Waals surface area contributed by atoms with E-state index in [0.717, 1.165) is 17.7 Å². The molecule has 1 aliphatic rings. The minimum atomic E-state index is 0.0887. The number of nitrogens with zero attached hydrogens (tertiary/aromatic N) is 4. The van der Waals surface area contributed by atoms with Crippen molar-refractivity contribution in [3.63, 3.8) is 0 Å². The molecule has 0 aliphatic carbocycles. The smallest absolute Gasteiger partial charge is 0.253 e. The van der Waals surface area contributed by atoms with E-state index in [1.165, 1.54) is 16.8 Å². The van der Waals surface area contributed by atoms with Crippen molar-refractivity contribution in [3.8, 4) is 11.3 Å². The van der Waals surface area contributed by atoms with Crippen LogP contribution in [-0.2, 0) is 11.3 Å². The van der Waals surface area contributed by atoms with E-state index in [0.29, 0.717) is 24.1 Å². The number of aromatic nitrogens is 4. The van der Waals surface area contributed by atoms with E-state index in [2.05, 4.69) is 60.2 Å². The van der Waals surface area contributed by atoms with Crippen LogP contribution in [0.15, 0.2) is 24.4 Å². The Bertz CT molecular complexity index is 976. The maximum Gasteiger partial charge on any atom is 0.253 e. The number of nitrogens with one attached hydrogen (secondary N) is 1. The van der Waals surface area contributed by atoms with Crippen molar-refractivity contribution in [1.82, 2.24) is 19.6 Å². The summed E-state index contributed by atoms with van der Waals surface area (Å²) >= 11 is 0. The molecular formula is C20H25N5O. The highest BCUT2D eigenvalue weighted by Crippen LogP contribution is 2.41. The summed E-state index contributed by atoms with van der Waals surface area (Å²) in [5.74, 6) is 1.76. The number of hydrogen-bond donors (Lipinski definition) is 1. The van der Waals surface area contributed by atoms with Crippen molar-refractivity contribution in [2.75, 3.05) is 12.4 Å². The van der Waals surface area contributed by atoms with Gasteiger partial charge in [-0.3, -0.25) is 0 Å². The van der Waals surface area contributed by atoms with Crippen LogP contribution in [0.5, 0.6) is 0 Å². The molecule has 0 bridgehead atoms. The summed E-state index contributed by atoms with van der Waals surface area (Å²) in [7, 11) is 1.64. The Hall–Kier alpha value is -2.47. The molecule has 0 spiro atoms. The third-order valence-corrected chi connectivity index (χ3v) is 5.05. The highest BCUT2D eigenvalue weighted by atomic mass is 16.5. The van der Waals surface area contributed by atoms with E-state index in [4.69, 9.17) is 4.74 Å². The van der Waals surface area contributed by atoms with Gasteiger partial charge in [-0.25, -0.2) is 4.98 Å². The Morgan fingerprint density at radius 2 is 2.15 bits per heavy atom. The molecule has 136 valence electrons. The van der Waals surface area contributed by atoms with E-state index < -0.39 is 0 Å². The molecule has 0 amide bonds. The Morgan fingerprint density at radius 3 is 2.92 bits per heavy atom. The highest BCUT2D eigenvalue weighted by molar-refractivity contribution is 5.73. The summed E-state index contributed by atoms with van der Waals surface area (Å²) in [6, 6.07) is 6.54. The zero-order valence-electron chi connectivity index (χ0n) is 16.0. The molecule has 3 heterocycles. The lowest BCUT2D eigenvalue weighted by Crippen LogP contribution is -2.36. The fraction of sp³-hybridized carbons (Fsp3) is 0.450. The van der Waals surface area contributed by atoms with Crippen LogP contribution in [-0.4, -0.2) is 32.2 Å². The molecule has 0 fully saturated rings. The van der Waals surface area contributed by atoms with Crippen LogP contribution >= 0.6 is 0 Å². The fourth-order valence-corrected chi connectivity index (χ4v) is 4.04. The van der Waals surface area contributed by atoms with Crippen LogP contribution < -0.4 is 5.32 Å². The maximum atomic E-state index is 5.16. The second kappa shape index (κ2) is 6.06. The summed E-state index contributed by atoms with van der Waals surface area (Å²) in [4.78, 5) is 8.78. The Balaban J connectivity index is 1.88. The number of hydrogen-bond acceptors (Lipinski definition) is 5. The summed E-state index contributed by atoms with van der Waals surface area (Å²) in [6.07, 6.45) is 2.91. The van der Waals surface area contributed by atoms with Crippen molar-refractivity contribution in [2.45, 2.75) is 52.2 Å². The first-order chi connectivity index (χ1) is 12.4. The van der Waals surface area contributed by atoms with E-state index >= 15 is 0 Å². The molecule has 0 radical (unpaired) electrons. The molecule has 2 aromatic heterocycles. The van der Waals surface area contributed by atoms with Crippen LogP contribution in [0.1, 0.15) is 50.1 Å². The van der Waals surface area contributed by atoms with Gasteiger partial charge >= 0.3 is 0 Å². The predicted octanol–water partition coefficient (Wildman–Crippen LogP) is 3.94. The number of methoxy groups -OCH3 is 1. The standard InChI is InChI=1S/C20H25N5O/c1-12-8-14-13(2)10-20(3,4)23-16(14)9-15(12)17-6-7-21-19-22-18(11-26-5)24-25(17)19/h6-9,13,23H,10-11H2,1-5H3/t13-/m1/s1. The molecule has 0 unspecified atom stereocenters. The molecule has 6 heteroatoms. The van der Waals surface area contributed by atoms with Crippen molar-refractivity contribution < 1.29 is 4.74 Å². The van der Waals surface area contributed by atoms with E-state index in [9.17, 15) is 0 Å². The molecule has 1 aliphatic heterocycles. The quantitative estimate of drug-likeness (QED) is 0.774. The van der Waals surface area contributed by atoms with Crippen LogP contribution in [0.4, 0.5) is 5.69 Å². The molecule has 26 heavy (non-hydrogen) atoms. The van der Waals surface area contributed by atoms with Crippen molar-refractivity contribution in [3.05, 3.63) is 41.3 Å². The zero-order valence-corrected chi connectivity index (χ0v) is 16.0. The summed E-state index contributed by atoms with van der Waals surface area (Å²) in [5.41, 5.74) is 6.04. The number of anilines is 1. The van der Waals surface area contributed by atoms with Crippen LogP contribution in [0.25, 0.3) is 17.0 Å². The van der Waals surface area contributed by atoms with Gasteiger partial charge < -0.3 is 10.1 Å². The van der Waals surface area contributed by atoms with Crippen LogP contribution in [0, 0.1) is 6.92 Å². The molecule has 3 aromatic rings. The van der Waals surface area contributed by atoms with Crippen molar-refractivity contribution in [1.29, 1.82) is 0 Å². The first-order valence-electron chi connectivity index (χ1n) is 9.00. The first-order valence-corrected chi connectivity index (χ1v) is 9.00. The Labute approximate surface area is 153 Å². The second-order valence-corrected chi connectivity index (χ2v) is 7.87. The Kier molecular flexibility index (Phi) is 3.95. The van der Waals surface area contributed by atoms with E-state index in [1.807, 2.05) is 6.07 Å². The largest absolute Gasteiger partial charge is 0.380 e. The minimum Gasteiger partial charge on any atom is -0.380 e. The summed E-state index contributed by atoms with van der Waals surface area (Å²) in [5, 5.41) is 8.27. The summed E-state index contributed by atoms with van der Waals surface area (Å²) in [6.45, 7) is 9.34. The van der Waals surface area contributed by atoms with Gasteiger partial charge in [0.2, 0.25) is 0 Å². The molecular weight excluding hydrogens is 326 g/mol. The topological polar surface area (TPSA) is 64.3 Å². The van der Waals surface area contributed by atoms with E-state index in [-0.39, 0.29) is 5.54 Å². The van der Waals surface area contributed by atoms with Gasteiger partial charge in [-0.1, -0.05) is 13.0 Å². The number of fused-ring (bicyclic) bond motifs is 2.